The minimum atomic E-state index is -1.15. The summed E-state index contributed by atoms with van der Waals surface area (Å²) in [5.41, 5.74) is -0.168. The van der Waals surface area contributed by atoms with Crippen molar-refractivity contribution in [2.24, 2.45) is 0 Å². The summed E-state index contributed by atoms with van der Waals surface area (Å²) >= 11 is 5.68. The minimum absolute atomic E-state index is 0.0458. The highest BCUT2D eigenvalue weighted by atomic mass is 35.5. The van der Waals surface area contributed by atoms with E-state index in [1.54, 1.807) is 0 Å². The summed E-state index contributed by atoms with van der Waals surface area (Å²) in [6, 6.07) is 0. The van der Waals surface area contributed by atoms with Crippen LogP contribution in [0.1, 0.15) is 10.5 Å². The fourth-order valence-electron chi connectivity index (χ4n) is 1.42. The molecule has 0 amide bonds. The van der Waals surface area contributed by atoms with E-state index >= 15 is 0 Å². The molecule has 0 unspecified atom stereocenters. The first-order chi connectivity index (χ1) is 7.68. The molecule has 1 saturated heterocycles. The average Bonchev–Trinajstić information content (AvgIpc) is 2.30. The van der Waals surface area contributed by atoms with Crippen molar-refractivity contribution in [3.8, 4) is 0 Å². The van der Waals surface area contributed by atoms with Gasteiger partial charge in [0.2, 0.25) is 5.95 Å². The largest absolute Gasteiger partial charge is 0.476 e. The number of anilines is 1. The number of carboxylic acid groups (broad SMARTS) is 1. The molecule has 7 heteroatoms. The zero-order chi connectivity index (χ0) is 11.5. The predicted molar refractivity (Wildman–Crippen MR) is 57.0 cm³/mol. The van der Waals surface area contributed by atoms with Crippen molar-refractivity contribution < 1.29 is 14.6 Å². The Balaban J connectivity index is 2.27. The van der Waals surface area contributed by atoms with Crippen LogP contribution in [-0.4, -0.2) is 47.3 Å². The van der Waals surface area contributed by atoms with Crippen LogP contribution in [-0.2, 0) is 4.74 Å². The number of aromatic nitrogens is 2. The molecule has 1 aromatic heterocycles. The summed E-state index contributed by atoms with van der Waals surface area (Å²) in [5, 5.41) is 8.92. The lowest BCUT2D eigenvalue weighted by Crippen LogP contribution is -2.37. The molecule has 1 fully saturated rings. The highest BCUT2D eigenvalue weighted by Crippen LogP contribution is 2.17. The molecular weight excluding hydrogens is 234 g/mol. The lowest BCUT2D eigenvalue weighted by molar-refractivity contribution is 0.0690. The summed E-state index contributed by atoms with van der Waals surface area (Å²) in [7, 11) is 0. The van der Waals surface area contributed by atoms with Crippen molar-refractivity contribution >= 4 is 23.5 Å². The Morgan fingerprint density at radius 2 is 2.19 bits per heavy atom. The van der Waals surface area contributed by atoms with E-state index in [-0.39, 0.29) is 10.7 Å². The molecule has 0 spiro atoms. The Labute approximate surface area is 96.8 Å². The molecule has 1 aliphatic rings. The monoisotopic (exact) mass is 243 g/mol. The number of carboxylic acids is 1. The van der Waals surface area contributed by atoms with Crippen LogP contribution in [0.2, 0.25) is 5.02 Å². The van der Waals surface area contributed by atoms with E-state index in [0.717, 1.165) is 0 Å². The molecule has 0 radical (unpaired) electrons. The topological polar surface area (TPSA) is 75.5 Å². The van der Waals surface area contributed by atoms with Gasteiger partial charge in [-0.25, -0.2) is 14.8 Å². The van der Waals surface area contributed by atoms with Crippen molar-refractivity contribution in [3.05, 3.63) is 16.9 Å². The summed E-state index contributed by atoms with van der Waals surface area (Å²) in [6.07, 6.45) is 1.31. The van der Waals surface area contributed by atoms with Crippen LogP contribution in [0.5, 0.6) is 0 Å². The maximum absolute atomic E-state index is 10.8. The molecule has 2 heterocycles. The number of halogens is 1. The Bertz CT molecular complexity index is 407. The maximum atomic E-state index is 10.8. The van der Waals surface area contributed by atoms with Crippen LogP contribution in [0.3, 0.4) is 0 Å². The van der Waals surface area contributed by atoms with Gasteiger partial charge >= 0.3 is 5.97 Å². The van der Waals surface area contributed by atoms with Crippen molar-refractivity contribution in [1.82, 2.24) is 9.97 Å². The minimum Gasteiger partial charge on any atom is -0.476 e. The molecular formula is C9H10ClN3O3. The van der Waals surface area contributed by atoms with Gasteiger partial charge in [0.25, 0.3) is 0 Å². The standard InChI is InChI=1S/C9H10ClN3O3/c10-6-5-11-9(12-7(6)8(14)15)13-1-3-16-4-2-13/h5H,1-4H2,(H,14,15). The molecule has 0 saturated carbocycles. The first-order valence-corrected chi connectivity index (χ1v) is 5.15. The fraction of sp³-hybridized carbons (Fsp3) is 0.444. The van der Waals surface area contributed by atoms with E-state index in [1.165, 1.54) is 6.20 Å². The van der Waals surface area contributed by atoms with Crippen molar-refractivity contribution in [1.29, 1.82) is 0 Å². The lowest BCUT2D eigenvalue weighted by Gasteiger charge is -2.26. The summed E-state index contributed by atoms with van der Waals surface area (Å²) in [6.45, 7) is 2.49. The molecule has 6 nitrogen and oxygen atoms in total. The number of ether oxygens (including phenoxy) is 1. The second-order valence-corrected chi connectivity index (χ2v) is 3.68. The molecule has 0 aromatic carbocycles. The first-order valence-electron chi connectivity index (χ1n) is 4.77. The number of nitrogens with zero attached hydrogens (tertiary/aromatic N) is 3. The maximum Gasteiger partial charge on any atom is 0.356 e. The predicted octanol–water partition coefficient (Wildman–Crippen LogP) is 0.665. The molecule has 1 aromatic rings. The highest BCUT2D eigenvalue weighted by Gasteiger charge is 2.18. The van der Waals surface area contributed by atoms with E-state index in [1.807, 2.05) is 4.90 Å². The first kappa shape index (κ1) is 11.1. The summed E-state index contributed by atoms with van der Waals surface area (Å²) in [5.74, 6) is -0.771. The molecule has 16 heavy (non-hydrogen) atoms. The Morgan fingerprint density at radius 1 is 1.50 bits per heavy atom. The van der Waals surface area contributed by atoms with E-state index in [4.69, 9.17) is 21.4 Å². The second kappa shape index (κ2) is 4.63. The van der Waals surface area contributed by atoms with Crippen LogP contribution < -0.4 is 4.90 Å². The van der Waals surface area contributed by atoms with Crippen LogP contribution in [0.15, 0.2) is 6.20 Å². The van der Waals surface area contributed by atoms with E-state index in [2.05, 4.69) is 9.97 Å². The van der Waals surface area contributed by atoms with Crippen LogP contribution in [0.4, 0.5) is 5.95 Å². The number of carbonyl (C=O) groups is 1. The third kappa shape index (κ3) is 2.23. The summed E-state index contributed by atoms with van der Waals surface area (Å²) < 4.78 is 5.18. The van der Waals surface area contributed by atoms with Crippen molar-refractivity contribution in [2.45, 2.75) is 0 Å². The average molecular weight is 244 g/mol. The third-order valence-corrected chi connectivity index (χ3v) is 2.50. The fourth-order valence-corrected chi connectivity index (χ4v) is 1.60. The number of hydrogen-bond acceptors (Lipinski definition) is 5. The normalized spacial score (nSPS) is 16.2. The van der Waals surface area contributed by atoms with Crippen LogP contribution >= 0.6 is 11.6 Å². The van der Waals surface area contributed by atoms with Gasteiger partial charge in [-0.05, 0) is 0 Å². The van der Waals surface area contributed by atoms with Crippen LogP contribution in [0, 0.1) is 0 Å². The molecule has 0 atom stereocenters. The van der Waals surface area contributed by atoms with Gasteiger partial charge in [0.1, 0.15) is 0 Å². The Kier molecular flexibility index (Phi) is 3.21. The highest BCUT2D eigenvalue weighted by molar-refractivity contribution is 6.33. The summed E-state index contributed by atoms with van der Waals surface area (Å²) in [4.78, 5) is 20.6. The van der Waals surface area contributed by atoms with Gasteiger partial charge in [-0.1, -0.05) is 11.6 Å². The Morgan fingerprint density at radius 3 is 2.81 bits per heavy atom. The molecule has 1 N–H and O–H groups in total. The Hall–Kier alpha value is -1.40. The quantitative estimate of drug-likeness (QED) is 0.823. The van der Waals surface area contributed by atoms with Gasteiger partial charge in [-0.15, -0.1) is 0 Å². The number of morpholine rings is 1. The van der Waals surface area contributed by atoms with E-state index in [0.29, 0.717) is 32.3 Å². The molecule has 0 aliphatic carbocycles. The SMILES string of the molecule is O=C(O)c1nc(N2CCOCC2)ncc1Cl. The van der Waals surface area contributed by atoms with Gasteiger partial charge in [-0.3, -0.25) is 0 Å². The van der Waals surface area contributed by atoms with Gasteiger partial charge in [0, 0.05) is 13.1 Å². The second-order valence-electron chi connectivity index (χ2n) is 3.27. The number of rotatable bonds is 2. The third-order valence-electron chi connectivity index (χ3n) is 2.23. The number of aromatic carboxylic acids is 1. The molecule has 1 aliphatic heterocycles. The zero-order valence-electron chi connectivity index (χ0n) is 8.39. The van der Waals surface area contributed by atoms with E-state index < -0.39 is 5.97 Å². The van der Waals surface area contributed by atoms with Gasteiger partial charge < -0.3 is 14.7 Å². The van der Waals surface area contributed by atoms with Gasteiger partial charge in [0.15, 0.2) is 5.69 Å². The van der Waals surface area contributed by atoms with E-state index in [9.17, 15) is 4.79 Å². The van der Waals surface area contributed by atoms with Crippen molar-refractivity contribution in [3.63, 3.8) is 0 Å². The lowest BCUT2D eigenvalue weighted by atomic mass is 10.4. The molecule has 2 rings (SSSR count). The molecule has 0 bridgehead atoms. The van der Waals surface area contributed by atoms with Crippen molar-refractivity contribution in [2.75, 3.05) is 31.2 Å². The van der Waals surface area contributed by atoms with Gasteiger partial charge in [-0.2, -0.15) is 0 Å². The smallest absolute Gasteiger partial charge is 0.356 e. The van der Waals surface area contributed by atoms with Crippen LogP contribution in [0.25, 0.3) is 0 Å². The zero-order valence-corrected chi connectivity index (χ0v) is 9.15. The molecule has 86 valence electrons. The number of hydrogen-bond donors (Lipinski definition) is 1. The van der Waals surface area contributed by atoms with Gasteiger partial charge in [0.05, 0.1) is 24.4 Å².